The average Bonchev–Trinajstić information content (AvgIpc) is 2.53. The van der Waals surface area contributed by atoms with Crippen LogP contribution < -0.4 is 5.32 Å². The van der Waals surface area contributed by atoms with E-state index in [9.17, 15) is 4.79 Å². The van der Waals surface area contributed by atoms with Crippen molar-refractivity contribution in [2.75, 3.05) is 12.4 Å². The number of esters is 1. The summed E-state index contributed by atoms with van der Waals surface area (Å²) in [6.45, 7) is 2.11. The zero-order valence-corrected chi connectivity index (χ0v) is 13.4. The maximum absolute atomic E-state index is 12.0. The van der Waals surface area contributed by atoms with Gasteiger partial charge >= 0.3 is 5.97 Å². The van der Waals surface area contributed by atoms with E-state index in [-0.39, 0.29) is 11.3 Å². The number of ether oxygens (including phenoxy) is 1. The molecule has 22 heavy (non-hydrogen) atoms. The van der Waals surface area contributed by atoms with Crippen molar-refractivity contribution in [2.24, 2.45) is 0 Å². The van der Waals surface area contributed by atoms with Crippen molar-refractivity contribution in [3.8, 4) is 0 Å². The maximum Gasteiger partial charge on any atom is 0.328 e. The second kappa shape index (κ2) is 7.89. The first kappa shape index (κ1) is 16.4. The predicted octanol–water partition coefficient (Wildman–Crippen LogP) is 3.21. The molecule has 2 rings (SSSR count). The average molecular weight is 323 g/mol. The van der Waals surface area contributed by atoms with E-state index in [4.69, 9.17) is 16.3 Å². The zero-order valence-electron chi connectivity index (χ0n) is 12.7. The molecule has 0 saturated carbocycles. The minimum atomic E-state index is -0.479. The number of rotatable bonds is 7. The highest BCUT2D eigenvalue weighted by atomic mass is 35.5. The lowest BCUT2D eigenvalue weighted by atomic mass is 10.1. The highest BCUT2D eigenvalue weighted by molar-refractivity contribution is 6.28. The van der Waals surface area contributed by atoms with E-state index in [1.165, 1.54) is 7.11 Å². The third-order valence-corrected chi connectivity index (χ3v) is 3.49. The molecule has 0 radical (unpaired) electrons. The number of fused-ring (bicyclic) bond motifs is 1. The highest BCUT2D eigenvalue weighted by Crippen LogP contribution is 2.21. The number of halogens is 1. The quantitative estimate of drug-likeness (QED) is 0.479. The lowest BCUT2D eigenvalue weighted by Crippen LogP contribution is -2.31. The minimum absolute atomic E-state index is 0.111. The Labute approximate surface area is 134 Å². The number of hydrogen-bond donors (Lipinski definition) is 1. The Balaban J connectivity index is 2.27. The Kier molecular flexibility index (Phi) is 5.89. The Morgan fingerprint density at radius 2 is 2.23 bits per heavy atom. The molecule has 2 aromatic heterocycles. The number of pyridine rings is 1. The summed E-state index contributed by atoms with van der Waals surface area (Å²) in [5.74, 6) is 0.123. The van der Waals surface area contributed by atoms with Crippen molar-refractivity contribution in [1.82, 2.24) is 15.0 Å². The van der Waals surface area contributed by atoms with Crippen molar-refractivity contribution < 1.29 is 9.53 Å². The van der Waals surface area contributed by atoms with Crippen LogP contribution in [0.15, 0.2) is 18.3 Å². The Morgan fingerprint density at radius 3 is 2.95 bits per heavy atom. The van der Waals surface area contributed by atoms with Gasteiger partial charge in [0.1, 0.15) is 11.6 Å². The summed E-state index contributed by atoms with van der Waals surface area (Å²) in [5.41, 5.74) is 1.21. The van der Waals surface area contributed by atoms with E-state index in [0.29, 0.717) is 23.3 Å². The molecule has 0 spiro atoms. The minimum Gasteiger partial charge on any atom is -0.467 e. The van der Waals surface area contributed by atoms with Gasteiger partial charge in [0.15, 0.2) is 5.82 Å². The maximum atomic E-state index is 12.0. The number of nitrogens with zero attached hydrogens (tertiary/aromatic N) is 3. The van der Waals surface area contributed by atoms with Crippen LogP contribution in [0.3, 0.4) is 0 Å². The van der Waals surface area contributed by atoms with Gasteiger partial charge in [-0.25, -0.2) is 9.78 Å². The zero-order chi connectivity index (χ0) is 15.9. The van der Waals surface area contributed by atoms with Crippen LogP contribution in [0.5, 0.6) is 0 Å². The van der Waals surface area contributed by atoms with Crippen LogP contribution in [0, 0.1) is 0 Å². The lowest BCUT2D eigenvalue weighted by molar-refractivity contribution is -0.141. The number of carbonyl (C=O) groups excluding carboxylic acids is 1. The van der Waals surface area contributed by atoms with Gasteiger partial charge in [-0.1, -0.05) is 26.2 Å². The molecule has 0 amide bonds. The van der Waals surface area contributed by atoms with E-state index >= 15 is 0 Å². The Bertz CT molecular complexity index is 650. The molecule has 0 aliphatic rings. The fourth-order valence-electron chi connectivity index (χ4n) is 2.19. The van der Waals surface area contributed by atoms with Crippen LogP contribution in [0.1, 0.15) is 32.6 Å². The van der Waals surface area contributed by atoms with Gasteiger partial charge in [-0.2, -0.15) is 4.98 Å². The molecule has 0 bridgehead atoms. The second-order valence-corrected chi connectivity index (χ2v) is 5.27. The van der Waals surface area contributed by atoms with E-state index in [0.717, 1.165) is 19.3 Å². The summed E-state index contributed by atoms with van der Waals surface area (Å²) >= 11 is 5.94. The predicted molar refractivity (Wildman–Crippen MR) is 85.9 cm³/mol. The van der Waals surface area contributed by atoms with Crippen molar-refractivity contribution in [1.29, 1.82) is 0 Å². The summed E-state index contributed by atoms with van der Waals surface area (Å²) in [6.07, 6.45) is 5.37. The summed E-state index contributed by atoms with van der Waals surface area (Å²) in [5, 5.41) is 3.21. The first-order valence-electron chi connectivity index (χ1n) is 7.28. The Hall–Kier alpha value is -1.95. The summed E-state index contributed by atoms with van der Waals surface area (Å²) in [4.78, 5) is 24.5. The number of anilines is 1. The number of unbranched alkanes of at least 4 members (excludes halogenated alkanes) is 2. The lowest BCUT2D eigenvalue weighted by Gasteiger charge is -2.17. The van der Waals surface area contributed by atoms with Gasteiger partial charge in [-0.05, 0) is 30.2 Å². The molecule has 2 heterocycles. The molecule has 0 fully saturated rings. The standard InChI is InChI=1S/C15H19ClN4O2/c1-3-4-5-7-11(14(21)22-2)18-13-12-10(8-6-9-17-12)19-15(16)20-13/h6,8-9,11H,3-5,7H2,1-2H3,(H,18,19,20)/t11-/m1/s1. The monoisotopic (exact) mass is 322 g/mol. The molecule has 0 aliphatic carbocycles. The molecule has 2 aromatic rings. The molecular weight excluding hydrogens is 304 g/mol. The third-order valence-electron chi connectivity index (χ3n) is 3.32. The topological polar surface area (TPSA) is 77.0 Å². The van der Waals surface area contributed by atoms with Gasteiger partial charge in [0, 0.05) is 6.20 Å². The first-order chi connectivity index (χ1) is 10.7. The number of aromatic nitrogens is 3. The van der Waals surface area contributed by atoms with Crippen LogP contribution in [0.2, 0.25) is 5.28 Å². The van der Waals surface area contributed by atoms with Crippen molar-refractivity contribution in [2.45, 2.75) is 38.6 Å². The van der Waals surface area contributed by atoms with Gasteiger partial charge in [-0.15, -0.1) is 0 Å². The van der Waals surface area contributed by atoms with Crippen molar-refractivity contribution >= 4 is 34.4 Å². The van der Waals surface area contributed by atoms with E-state index < -0.39 is 6.04 Å². The third kappa shape index (κ3) is 4.04. The molecule has 118 valence electrons. The number of nitrogens with one attached hydrogen (secondary N) is 1. The van der Waals surface area contributed by atoms with Gasteiger partial charge in [0.25, 0.3) is 0 Å². The molecule has 0 aliphatic heterocycles. The highest BCUT2D eigenvalue weighted by Gasteiger charge is 2.21. The van der Waals surface area contributed by atoms with E-state index in [1.807, 2.05) is 0 Å². The smallest absolute Gasteiger partial charge is 0.328 e. The molecular formula is C15H19ClN4O2. The van der Waals surface area contributed by atoms with Gasteiger partial charge < -0.3 is 10.1 Å². The van der Waals surface area contributed by atoms with Crippen LogP contribution in [0.4, 0.5) is 5.82 Å². The van der Waals surface area contributed by atoms with Gasteiger partial charge in [-0.3, -0.25) is 4.98 Å². The number of methoxy groups -OCH3 is 1. The molecule has 0 aromatic carbocycles. The van der Waals surface area contributed by atoms with Crippen LogP contribution in [-0.2, 0) is 9.53 Å². The Morgan fingerprint density at radius 1 is 1.41 bits per heavy atom. The van der Waals surface area contributed by atoms with Crippen LogP contribution in [0.25, 0.3) is 11.0 Å². The fraction of sp³-hybridized carbons (Fsp3) is 0.467. The fourth-order valence-corrected chi connectivity index (χ4v) is 2.37. The first-order valence-corrected chi connectivity index (χ1v) is 7.66. The normalized spacial score (nSPS) is 12.1. The van der Waals surface area contributed by atoms with Crippen LogP contribution in [-0.4, -0.2) is 34.1 Å². The number of hydrogen-bond acceptors (Lipinski definition) is 6. The van der Waals surface area contributed by atoms with Crippen molar-refractivity contribution in [3.05, 3.63) is 23.6 Å². The van der Waals surface area contributed by atoms with Crippen molar-refractivity contribution in [3.63, 3.8) is 0 Å². The van der Waals surface area contributed by atoms with Crippen LogP contribution >= 0.6 is 11.6 Å². The molecule has 6 nitrogen and oxygen atoms in total. The summed E-state index contributed by atoms with van der Waals surface area (Å²) in [7, 11) is 1.38. The van der Waals surface area contributed by atoms with E-state index in [1.54, 1.807) is 18.3 Å². The largest absolute Gasteiger partial charge is 0.467 e. The molecule has 0 unspecified atom stereocenters. The SMILES string of the molecule is CCCCC[C@@H](Nc1nc(Cl)nc2cccnc12)C(=O)OC. The molecule has 0 saturated heterocycles. The van der Waals surface area contributed by atoms with E-state index in [2.05, 4.69) is 27.2 Å². The number of carbonyl (C=O) groups is 1. The van der Waals surface area contributed by atoms with Gasteiger partial charge in [0.2, 0.25) is 5.28 Å². The summed E-state index contributed by atoms with van der Waals surface area (Å²) in [6, 6.07) is 3.09. The molecule has 7 heteroatoms. The molecule has 1 atom stereocenters. The summed E-state index contributed by atoms with van der Waals surface area (Å²) < 4.78 is 4.86. The second-order valence-electron chi connectivity index (χ2n) is 4.93. The molecule has 1 N–H and O–H groups in total. The van der Waals surface area contributed by atoms with Gasteiger partial charge in [0.05, 0.1) is 12.6 Å².